The van der Waals surface area contributed by atoms with E-state index in [9.17, 15) is 0 Å². The van der Waals surface area contributed by atoms with Gasteiger partial charge in [0.15, 0.2) is 6.71 Å². The summed E-state index contributed by atoms with van der Waals surface area (Å²) in [7, 11) is 0. The summed E-state index contributed by atoms with van der Waals surface area (Å²) in [6.45, 7) is 26.0. The van der Waals surface area contributed by atoms with Gasteiger partial charge in [0.2, 0.25) is 0 Å². The molecule has 0 aromatic rings. The summed E-state index contributed by atoms with van der Waals surface area (Å²) in [6, 6.07) is 7.57. The van der Waals surface area contributed by atoms with E-state index >= 15 is 0 Å². The Morgan fingerprint density at radius 2 is 0.588 bits per heavy atom. The third kappa shape index (κ3) is 12.8. The van der Waals surface area contributed by atoms with Crippen molar-refractivity contribution in [1.82, 2.24) is 14.7 Å². The van der Waals surface area contributed by atoms with Gasteiger partial charge < -0.3 is 0 Å². The van der Waals surface area contributed by atoms with Crippen molar-refractivity contribution in [2.45, 2.75) is 462 Å². The van der Waals surface area contributed by atoms with Gasteiger partial charge >= 0.3 is 0 Å². The fourth-order valence-electron chi connectivity index (χ4n) is 36.8. The van der Waals surface area contributed by atoms with Gasteiger partial charge in [-0.1, -0.05) is 249 Å². The van der Waals surface area contributed by atoms with Crippen LogP contribution in [0.5, 0.6) is 0 Å². The predicted molar refractivity (Wildman–Crippen MR) is 431 cm³/mol. The van der Waals surface area contributed by atoms with Crippen LogP contribution < -0.4 is 0 Å². The normalized spacial score (nSPS) is 51.1. The first-order valence-corrected chi connectivity index (χ1v) is 48.8. The molecule has 0 radical (unpaired) electrons. The lowest BCUT2D eigenvalue weighted by molar-refractivity contribution is -0.153. The second kappa shape index (κ2) is 29.2. The van der Waals surface area contributed by atoms with Crippen molar-refractivity contribution in [2.75, 3.05) is 0 Å². The van der Waals surface area contributed by atoms with Gasteiger partial charge in [0, 0.05) is 54.4 Å². The third-order valence-electron chi connectivity index (χ3n) is 40.7. The van der Waals surface area contributed by atoms with Crippen LogP contribution in [0.4, 0.5) is 0 Å². The van der Waals surface area contributed by atoms with E-state index in [1.165, 1.54) is 89.9 Å². The molecule has 16 saturated carbocycles. The summed E-state index contributed by atoms with van der Waals surface area (Å²) in [4.78, 5) is 11.4. The molecular weight excluding hydrogens is 1230 g/mol. The van der Waals surface area contributed by atoms with E-state index < -0.39 is 0 Å². The maximum atomic E-state index is 3.94. The maximum Gasteiger partial charge on any atom is 0.156 e. The monoisotopic (exact) mass is 1390 g/mol. The molecule has 0 spiro atoms. The Hall–Kier alpha value is -0.0551. The average Bonchev–Trinajstić information content (AvgIpc) is 0.750. The number of fused-ring (bicyclic) bond motifs is 9. The quantitative estimate of drug-likeness (QED) is 0.224. The highest BCUT2D eigenvalue weighted by atomic mass is 15.3. The molecule has 3 heterocycles. The smallest absolute Gasteiger partial charge is 0.156 e. The Balaban J connectivity index is 0.722. The van der Waals surface area contributed by atoms with Gasteiger partial charge in [-0.3, -0.25) is 14.7 Å². The summed E-state index contributed by atoms with van der Waals surface area (Å²) in [5.41, 5.74) is 1.13. The van der Waals surface area contributed by atoms with Crippen molar-refractivity contribution < 1.29 is 0 Å². The SMILES string of the molecule is CC(C)(C)C1CC(C2CCCCC2)C(N2C3CCCCC3B3C4CCC(N5C6CCCCC6C6CCCCC65)CC4N(C4C(C5CCCCC5)CC(C(C)(C)C)CC4C4CCCCC4)C4CC(C(C)(C)C)CC2C34)C(C2CCC(C3CC4CCCC5C6CCCC7CCCC(C(C3)C45)C76)CC2)C1. The van der Waals surface area contributed by atoms with E-state index in [2.05, 4.69) is 77.0 Å². The molecule has 102 heavy (non-hydrogen) atoms. The molecule has 3 saturated heterocycles. The minimum atomic E-state index is 0.334. The fraction of sp³-hybridized carbons (Fsp3) is 1.00. The molecule has 3 nitrogen and oxygen atoms in total. The van der Waals surface area contributed by atoms with Crippen LogP contribution >= 0.6 is 0 Å². The van der Waals surface area contributed by atoms with E-state index in [0.717, 1.165) is 215 Å². The van der Waals surface area contributed by atoms with Gasteiger partial charge in [0.25, 0.3) is 0 Å². The summed E-state index contributed by atoms with van der Waals surface area (Å²) in [6.07, 6.45) is 80.2. The van der Waals surface area contributed by atoms with E-state index in [0.29, 0.717) is 16.2 Å². The topological polar surface area (TPSA) is 9.72 Å². The summed E-state index contributed by atoms with van der Waals surface area (Å²) < 4.78 is 0. The number of nitrogens with zero attached hydrogens (tertiary/aromatic N) is 3. The molecule has 0 amide bonds. The molecule has 19 fully saturated rings. The first-order valence-electron chi connectivity index (χ1n) is 48.8. The zero-order valence-electron chi connectivity index (χ0n) is 68.7. The second-order valence-corrected chi connectivity index (χ2v) is 47.3. The average molecular weight is 1400 g/mol. The first kappa shape index (κ1) is 72.2. The van der Waals surface area contributed by atoms with Crippen LogP contribution in [0, 0.1) is 152 Å². The van der Waals surface area contributed by atoms with Gasteiger partial charge in [-0.25, -0.2) is 0 Å². The maximum absolute atomic E-state index is 3.94. The van der Waals surface area contributed by atoms with Crippen LogP contribution in [0.1, 0.15) is 390 Å². The standard InChI is InChI=1S/C98H164BN3/c1-96(2,3)69-55-79(63-30-15-11-16-31-63)95(80(56-69)64-32-17-12-18-33-64)102-88-60-72(100-85-43-22-19-37-73(85)74-38-20-23-44-86(74)100)50-51-84(88)99-83-42-21-24-45-87(83)101(89-58-71(98(7,8)9)59-90(102)93(89)99)94-78(62-28-13-10-14-29-62)54-70(97(4,5)6)57-81(94)65-48-46-61(47-49-65)68-52-67-36-27-40-76-75-39-25-34-66-35-26-41-77(91(66)75)82(53-68)92(67)76/h61-95H,10-60H2,1-9H3. The van der Waals surface area contributed by atoms with Crippen molar-refractivity contribution in [1.29, 1.82) is 0 Å². The second-order valence-electron chi connectivity index (χ2n) is 47.3. The van der Waals surface area contributed by atoms with Gasteiger partial charge in [0.05, 0.1) is 0 Å². The minimum absolute atomic E-state index is 0.334. The molecule has 19 aliphatic rings. The molecule has 0 bridgehead atoms. The predicted octanol–water partition coefficient (Wildman–Crippen LogP) is 26.3. The Labute approximate surface area is 631 Å². The minimum Gasteiger partial charge on any atom is -0.295 e. The molecule has 3 aliphatic heterocycles. The van der Waals surface area contributed by atoms with Gasteiger partial charge in [0.1, 0.15) is 0 Å². The van der Waals surface area contributed by atoms with Crippen LogP contribution in [0.25, 0.3) is 0 Å². The first-order chi connectivity index (χ1) is 49.5. The van der Waals surface area contributed by atoms with Crippen LogP contribution in [0.15, 0.2) is 0 Å². The summed E-state index contributed by atoms with van der Waals surface area (Å²) in [5, 5.41) is 0. The fourth-order valence-corrected chi connectivity index (χ4v) is 36.8. The number of hydrogen-bond donors (Lipinski definition) is 0. The Bertz CT molecular complexity index is 2730. The van der Waals surface area contributed by atoms with E-state index in [1.54, 1.807) is 238 Å². The molecular formula is C98H164BN3. The zero-order valence-corrected chi connectivity index (χ0v) is 68.7. The van der Waals surface area contributed by atoms with Crippen molar-refractivity contribution in [3.63, 3.8) is 0 Å². The highest BCUT2D eigenvalue weighted by Gasteiger charge is 2.70. The zero-order chi connectivity index (χ0) is 69.1. The largest absolute Gasteiger partial charge is 0.295 e. The van der Waals surface area contributed by atoms with Crippen LogP contribution in [-0.4, -0.2) is 75.8 Å². The van der Waals surface area contributed by atoms with Crippen molar-refractivity contribution in [3.05, 3.63) is 0 Å². The Morgan fingerprint density at radius 1 is 0.216 bits per heavy atom. The highest BCUT2D eigenvalue weighted by molar-refractivity contribution is 6.65. The van der Waals surface area contributed by atoms with E-state index in [-0.39, 0.29) is 0 Å². The molecule has 28 atom stereocenters. The number of likely N-dealkylation sites (tertiary alicyclic amines) is 1. The summed E-state index contributed by atoms with van der Waals surface area (Å²) in [5.74, 6) is 25.9. The van der Waals surface area contributed by atoms with Gasteiger partial charge in [-0.2, -0.15) is 0 Å². The lowest BCUT2D eigenvalue weighted by atomic mass is 9.18. The lowest BCUT2D eigenvalue weighted by Crippen LogP contribution is -2.77. The van der Waals surface area contributed by atoms with E-state index in [1.807, 2.05) is 0 Å². The molecule has 0 aromatic heterocycles. The molecule has 19 rings (SSSR count). The Kier molecular flexibility index (Phi) is 20.6. The van der Waals surface area contributed by atoms with Gasteiger partial charge in [-0.15, -0.1) is 0 Å². The van der Waals surface area contributed by atoms with Crippen LogP contribution in [0.2, 0.25) is 17.5 Å². The van der Waals surface area contributed by atoms with Crippen molar-refractivity contribution in [2.24, 2.45) is 152 Å². The number of rotatable bonds is 8. The molecule has 574 valence electrons. The molecule has 4 heteroatoms. The molecule has 28 unspecified atom stereocenters. The lowest BCUT2D eigenvalue weighted by Gasteiger charge is -2.72. The number of hydrogen-bond acceptors (Lipinski definition) is 3. The molecule has 0 aromatic carbocycles. The molecule has 0 N–H and O–H groups in total. The highest BCUT2D eigenvalue weighted by Crippen LogP contribution is 2.71. The Morgan fingerprint density at radius 3 is 1.09 bits per heavy atom. The molecule has 16 aliphatic carbocycles. The van der Waals surface area contributed by atoms with Crippen molar-refractivity contribution >= 4 is 6.71 Å². The third-order valence-corrected chi connectivity index (χ3v) is 40.7. The van der Waals surface area contributed by atoms with Crippen LogP contribution in [-0.2, 0) is 0 Å². The van der Waals surface area contributed by atoms with E-state index in [4.69, 9.17) is 0 Å². The van der Waals surface area contributed by atoms with Crippen molar-refractivity contribution in [3.8, 4) is 0 Å². The van der Waals surface area contributed by atoms with Gasteiger partial charge in [-0.05, 0) is 311 Å². The summed E-state index contributed by atoms with van der Waals surface area (Å²) >= 11 is 0. The van der Waals surface area contributed by atoms with Crippen LogP contribution in [0.3, 0.4) is 0 Å².